The number of pyridine rings is 1. The van der Waals surface area contributed by atoms with Crippen LogP contribution in [-0.2, 0) is 6.54 Å². The molecule has 3 aromatic rings. The monoisotopic (exact) mass is 342 g/mol. The molecule has 2 N–H and O–H groups in total. The number of fused-ring (bicyclic) bond motifs is 2. The molecule has 1 aliphatic heterocycles. The lowest BCUT2D eigenvalue weighted by atomic mass is 10.0. The van der Waals surface area contributed by atoms with Gasteiger partial charge in [0.15, 0.2) is 11.5 Å². The van der Waals surface area contributed by atoms with Crippen LogP contribution in [0.4, 0.5) is 0 Å². The lowest BCUT2D eigenvalue weighted by Gasteiger charge is -2.12. The van der Waals surface area contributed by atoms with E-state index in [1.165, 1.54) is 0 Å². The Bertz CT molecular complexity index is 862. The maximum atomic E-state index is 9.45. The standard InChI is InChI=1S/C18H18N2O3S/c1-11(21)7-19-8-14-4-13-5-16-17(23-10-22-16)6-15(13)20-18(14)12-2-3-24-9-12/h2-6,9,11,19,21H,7-8,10H2,1H3. The highest BCUT2D eigenvalue weighted by atomic mass is 32.1. The maximum absolute atomic E-state index is 9.45. The van der Waals surface area contributed by atoms with E-state index < -0.39 is 0 Å². The molecular weight excluding hydrogens is 324 g/mol. The Morgan fingerprint density at radius 2 is 2.12 bits per heavy atom. The highest BCUT2D eigenvalue weighted by Crippen LogP contribution is 2.37. The second-order valence-electron chi connectivity index (χ2n) is 5.89. The van der Waals surface area contributed by atoms with Crippen molar-refractivity contribution in [1.82, 2.24) is 10.3 Å². The van der Waals surface area contributed by atoms with Crippen molar-refractivity contribution in [2.45, 2.75) is 19.6 Å². The van der Waals surface area contributed by atoms with Crippen LogP contribution in [0.3, 0.4) is 0 Å². The zero-order chi connectivity index (χ0) is 16.5. The molecule has 5 nitrogen and oxygen atoms in total. The van der Waals surface area contributed by atoms with Crippen LogP contribution in [0, 0.1) is 0 Å². The number of aliphatic hydroxyl groups excluding tert-OH is 1. The number of nitrogens with one attached hydrogen (secondary N) is 1. The Morgan fingerprint density at radius 3 is 2.88 bits per heavy atom. The van der Waals surface area contributed by atoms with Gasteiger partial charge in [0.1, 0.15) is 0 Å². The van der Waals surface area contributed by atoms with Gasteiger partial charge in [0, 0.05) is 35.5 Å². The van der Waals surface area contributed by atoms with Crippen LogP contribution < -0.4 is 14.8 Å². The van der Waals surface area contributed by atoms with Crippen molar-refractivity contribution >= 4 is 22.2 Å². The largest absolute Gasteiger partial charge is 0.454 e. The number of thiophene rings is 1. The predicted molar refractivity (Wildman–Crippen MR) is 94.6 cm³/mol. The van der Waals surface area contributed by atoms with Gasteiger partial charge in [0.2, 0.25) is 6.79 Å². The van der Waals surface area contributed by atoms with Gasteiger partial charge in [-0.25, -0.2) is 4.98 Å². The van der Waals surface area contributed by atoms with Crippen molar-refractivity contribution < 1.29 is 14.6 Å². The molecule has 0 aliphatic carbocycles. The van der Waals surface area contributed by atoms with E-state index in [0.717, 1.165) is 39.2 Å². The van der Waals surface area contributed by atoms with Gasteiger partial charge in [-0.1, -0.05) is 0 Å². The summed E-state index contributed by atoms with van der Waals surface area (Å²) in [7, 11) is 0. The topological polar surface area (TPSA) is 63.6 Å². The van der Waals surface area contributed by atoms with Crippen molar-refractivity contribution in [3.05, 3.63) is 40.6 Å². The van der Waals surface area contributed by atoms with E-state index in [1.807, 2.05) is 17.5 Å². The molecule has 0 fully saturated rings. The second kappa shape index (κ2) is 6.39. The quantitative estimate of drug-likeness (QED) is 0.746. The minimum absolute atomic E-state index is 0.256. The molecule has 1 aromatic carbocycles. The summed E-state index contributed by atoms with van der Waals surface area (Å²) in [5, 5.41) is 17.9. The van der Waals surface area contributed by atoms with Gasteiger partial charge in [-0.3, -0.25) is 0 Å². The summed E-state index contributed by atoms with van der Waals surface area (Å²) in [6.07, 6.45) is -0.378. The molecule has 2 aromatic heterocycles. The van der Waals surface area contributed by atoms with Crippen LogP contribution in [0.25, 0.3) is 22.2 Å². The van der Waals surface area contributed by atoms with E-state index in [0.29, 0.717) is 13.1 Å². The number of hydrogen-bond acceptors (Lipinski definition) is 6. The summed E-state index contributed by atoms with van der Waals surface area (Å²) in [5.41, 5.74) is 4.05. The lowest BCUT2D eigenvalue weighted by Crippen LogP contribution is -2.24. The molecule has 4 rings (SSSR count). The summed E-state index contributed by atoms with van der Waals surface area (Å²) in [6.45, 7) is 3.22. The van der Waals surface area contributed by atoms with Crippen LogP contribution in [0.15, 0.2) is 35.0 Å². The van der Waals surface area contributed by atoms with Crippen LogP contribution >= 0.6 is 11.3 Å². The van der Waals surface area contributed by atoms with Gasteiger partial charge in [0.05, 0.1) is 17.3 Å². The summed E-state index contributed by atoms with van der Waals surface area (Å²) in [4.78, 5) is 4.86. The average molecular weight is 342 g/mol. The summed E-state index contributed by atoms with van der Waals surface area (Å²) >= 11 is 1.65. The van der Waals surface area contributed by atoms with Crippen LogP contribution in [0.2, 0.25) is 0 Å². The first-order valence-corrected chi connectivity index (χ1v) is 8.79. The number of ether oxygens (including phenoxy) is 2. The number of rotatable bonds is 5. The molecule has 6 heteroatoms. The van der Waals surface area contributed by atoms with Gasteiger partial charge < -0.3 is 19.9 Å². The van der Waals surface area contributed by atoms with E-state index in [4.69, 9.17) is 14.5 Å². The third-order valence-corrected chi connectivity index (χ3v) is 4.62. The fourth-order valence-corrected chi connectivity index (χ4v) is 3.45. The van der Waals surface area contributed by atoms with Gasteiger partial charge in [0.25, 0.3) is 0 Å². The summed E-state index contributed by atoms with van der Waals surface area (Å²) in [5.74, 6) is 1.50. The molecule has 1 aliphatic rings. The molecular formula is C18H18N2O3S. The Kier molecular flexibility index (Phi) is 4.10. The van der Waals surface area contributed by atoms with Gasteiger partial charge in [-0.05, 0) is 36.1 Å². The van der Waals surface area contributed by atoms with Gasteiger partial charge in [-0.15, -0.1) is 0 Å². The van der Waals surface area contributed by atoms with Crippen molar-refractivity contribution in [3.63, 3.8) is 0 Å². The van der Waals surface area contributed by atoms with Crippen LogP contribution in [-0.4, -0.2) is 29.5 Å². The number of aromatic nitrogens is 1. The second-order valence-corrected chi connectivity index (χ2v) is 6.67. The smallest absolute Gasteiger partial charge is 0.231 e. The molecule has 0 radical (unpaired) electrons. The molecule has 0 saturated carbocycles. The Labute approximate surface area is 143 Å². The predicted octanol–water partition coefficient (Wildman–Crippen LogP) is 3.16. The number of aliphatic hydroxyl groups is 1. The first-order chi connectivity index (χ1) is 11.7. The Hall–Kier alpha value is -2.15. The SMILES string of the molecule is CC(O)CNCc1cc2cc3c(cc2nc1-c1ccsc1)OCO3. The fourth-order valence-electron chi connectivity index (χ4n) is 2.81. The molecule has 0 spiro atoms. The van der Waals surface area contributed by atoms with Gasteiger partial charge >= 0.3 is 0 Å². The highest BCUT2D eigenvalue weighted by molar-refractivity contribution is 7.08. The molecule has 3 heterocycles. The van der Waals surface area contributed by atoms with E-state index >= 15 is 0 Å². The first-order valence-electron chi connectivity index (χ1n) is 7.85. The van der Waals surface area contributed by atoms with Crippen LogP contribution in [0.1, 0.15) is 12.5 Å². The maximum Gasteiger partial charge on any atom is 0.231 e. The molecule has 1 atom stereocenters. The minimum Gasteiger partial charge on any atom is -0.454 e. The highest BCUT2D eigenvalue weighted by Gasteiger charge is 2.17. The number of nitrogens with zero attached hydrogens (tertiary/aromatic N) is 1. The normalized spacial score (nSPS) is 14.2. The zero-order valence-corrected chi connectivity index (χ0v) is 14.1. The Morgan fingerprint density at radius 1 is 1.29 bits per heavy atom. The Balaban J connectivity index is 1.78. The fraction of sp³-hybridized carbons (Fsp3) is 0.278. The van der Waals surface area contributed by atoms with Crippen molar-refractivity contribution in [1.29, 1.82) is 0 Å². The number of hydrogen-bond donors (Lipinski definition) is 2. The zero-order valence-electron chi connectivity index (χ0n) is 13.3. The first kappa shape index (κ1) is 15.4. The van der Waals surface area contributed by atoms with Crippen molar-refractivity contribution in [3.8, 4) is 22.8 Å². The number of benzene rings is 1. The van der Waals surface area contributed by atoms with Gasteiger partial charge in [-0.2, -0.15) is 11.3 Å². The van der Waals surface area contributed by atoms with E-state index in [2.05, 4.69) is 22.8 Å². The summed E-state index contributed by atoms with van der Waals surface area (Å²) < 4.78 is 10.9. The molecule has 0 bridgehead atoms. The third-order valence-electron chi connectivity index (χ3n) is 3.94. The van der Waals surface area contributed by atoms with E-state index in [9.17, 15) is 5.11 Å². The van der Waals surface area contributed by atoms with Crippen LogP contribution in [0.5, 0.6) is 11.5 Å². The molecule has 24 heavy (non-hydrogen) atoms. The average Bonchev–Trinajstić information content (AvgIpc) is 3.23. The molecule has 0 amide bonds. The van der Waals surface area contributed by atoms with E-state index in [-0.39, 0.29) is 12.9 Å². The molecule has 124 valence electrons. The lowest BCUT2D eigenvalue weighted by molar-refractivity contribution is 0.174. The van der Waals surface area contributed by atoms with Crippen molar-refractivity contribution in [2.24, 2.45) is 0 Å². The molecule has 1 unspecified atom stereocenters. The summed E-state index contributed by atoms with van der Waals surface area (Å²) in [6, 6.07) is 8.11. The minimum atomic E-state index is -0.378. The molecule has 0 saturated heterocycles. The van der Waals surface area contributed by atoms with E-state index in [1.54, 1.807) is 18.3 Å². The van der Waals surface area contributed by atoms with Crippen molar-refractivity contribution in [2.75, 3.05) is 13.3 Å². The third kappa shape index (κ3) is 2.96.